The number of rotatable bonds is 5. The molecule has 0 aromatic rings. The standard InChI is InChI=1S/C38H59F2NO4/c1-22(2)30-26(43)21-37(32(44)41-24-11-17-38(39,40)18-12-24)20-19-35(7)25(31(30)37)9-10-28-34(6)15-14-29(45-23(3)42)33(4,5)27(34)13-16-36(28,35)8/h22,24-25,27-29,32,41,44H,9-21H2,1-8H3/t25-,27?,28?,29+,32?,34+,35-,36-,37-/m1/s1. The van der Waals surface area contributed by atoms with Crippen LogP contribution >= 0.6 is 0 Å². The predicted octanol–water partition coefficient (Wildman–Crippen LogP) is 8.38. The van der Waals surface area contributed by atoms with Crippen LogP contribution in [0.2, 0.25) is 0 Å². The van der Waals surface area contributed by atoms with Gasteiger partial charge in [0, 0.05) is 43.1 Å². The van der Waals surface area contributed by atoms with Gasteiger partial charge in [0.2, 0.25) is 5.92 Å². The zero-order chi connectivity index (χ0) is 33.0. The van der Waals surface area contributed by atoms with Gasteiger partial charge in [-0.2, -0.15) is 0 Å². The first kappa shape index (κ1) is 33.6. The lowest BCUT2D eigenvalue weighted by Crippen LogP contribution is -2.66. The third-order valence-electron chi connectivity index (χ3n) is 15.4. The van der Waals surface area contributed by atoms with Gasteiger partial charge in [0.15, 0.2) is 5.78 Å². The van der Waals surface area contributed by atoms with E-state index in [1.54, 1.807) is 0 Å². The number of Topliss-reactive ketones (excluding diaryl/α,β-unsaturated/α-hetero) is 1. The molecule has 9 atom stereocenters. The van der Waals surface area contributed by atoms with Gasteiger partial charge in [-0.05, 0) is 115 Å². The minimum absolute atomic E-state index is 0.0169. The zero-order valence-corrected chi connectivity index (χ0v) is 29.2. The van der Waals surface area contributed by atoms with Gasteiger partial charge in [-0.15, -0.1) is 0 Å². The SMILES string of the molecule is CC(=O)O[C@H]1CC[C@@]2(C)C(CC[C@]3(C)C2CC[C@@H]2C4=C(C(C)C)C(=O)C[C@]4(C(O)NC4CCC(F)(F)CC4)CC[C@]23C)C1(C)C. The van der Waals surface area contributed by atoms with Gasteiger partial charge < -0.3 is 9.84 Å². The van der Waals surface area contributed by atoms with Crippen molar-refractivity contribution in [1.82, 2.24) is 5.32 Å². The molecule has 254 valence electrons. The van der Waals surface area contributed by atoms with Crippen molar-refractivity contribution in [2.45, 2.75) is 163 Å². The van der Waals surface area contributed by atoms with Crippen LogP contribution in [-0.4, -0.2) is 41.2 Å². The molecular formula is C38H59F2NO4. The van der Waals surface area contributed by atoms with Crippen molar-refractivity contribution in [3.63, 3.8) is 0 Å². The number of hydrogen-bond acceptors (Lipinski definition) is 5. The lowest BCUT2D eigenvalue weighted by Gasteiger charge is -2.72. The Labute approximate surface area is 270 Å². The van der Waals surface area contributed by atoms with Gasteiger partial charge in [-0.1, -0.05) is 48.5 Å². The summed E-state index contributed by atoms with van der Waals surface area (Å²) in [5, 5.41) is 15.4. The molecule has 5 nitrogen and oxygen atoms in total. The summed E-state index contributed by atoms with van der Waals surface area (Å²) in [6, 6.07) is -0.157. The summed E-state index contributed by atoms with van der Waals surface area (Å²) in [4.78, 5) is 25.9. The number of esters is 1. The Morgan fingerprint density at radius 2 is 1.53 bits per heavy atom. The maximum Gasteiger partial charge on any atom is 0.302 e. The average Bonchev–Trinajstić information content (AvgIpc) is 3.25. The summed E-state index contributed by atoms with van der Waals surface area (Å²) in [7, 11) is 0. The Bertz CT molecular complexity index is 1250. The van der Waals surface area contributed by atoms with E-state index in [-0.39, 0.29) is 70.2 Å². The highest BCUT2D eigenvalue weighted by atomic mass is 19.3. The number of aliphatic hydroxyl groups excluding tert-OH is 1. The molecule has 0 spiro atoms. The first-order valence-corrected chi connectivity index (χ1v) is 18.1. The monoisotopic (exact) mass is 631 g/mol. The molecule has 0 heterocycles. The van der Waals surface area contributed by atoms with E-state index in [1.165, 1.54) is 12.5 Å². The van der Waals surface area contributed by atoms with Crippen LogP contribution in [0.1, 0.15) is 139 Å². The largest absolute Gasteiger partial charge is 0.462 e. The first-order valence-electron chi connectivity index (χ1n) is 18.1. The highest BCUT2D eigenvalue weighted by Gasteiger charge is 2.71. The van der Waals surface area contributed by atoms with Crippen LogP contribution in [0.3, 0.4) is 0 Å². The molecule has 6 rings (SSSR count). The number of alkyl halides is 2. The van der Waals surface area contributed by atoms with Gasteiger partial charge in [-0.3, -0.25) is 14.9 Å². The van der Waals surface area contributed by atoms with E-state index in [2.05, 4.69) is 53.8 Å². The topological polar surface area (TPSA) is 75.6 Å². The van der Waals surface area contributed by atoms with Crippen molar-refractivity contribution >= 4 is 11.8 Å². The molecule has 6 aliphatic carbocycles. The Balaban J connectivity index is 1.34. The van der Waals surface area contributed by atoms with E-state index < -0.39 is 17.6 Å². The summed E-state index contributed by atoms with van der Waals surface area (Å²) >= 11 is 0. The second-order valence-electron chi connectivity index (χ2n) is 18.0. The molecule has 0 bridgehead atoms. The minimum atomic E-state index is -2.62. The number of allylic oxidation sites excluding steroid dienone is 1. The lowest BCUT2D eigenvalue weighted by atomic mass is 9.33. The minimum Gasteiger partial charge on any atom is -0.462 e. The molecule has 0 aromatic carbocycles. The maximum atomic E-state index is 14.0. The van der Waals surface area contributed by atoms with Gasteiger partial charge in [-0.25, -0.2) is 8.78 Å². The number of nitrogens with one attached hydrogen (secondary N) is 1. The zero-order valence-electron chi connectivity index (χ0n) is 29.2. The summed E-state index contributed by atoms with van der Waals surface area (Å²) in [5.74, 6) is -1.34. The molecule has 5 saturated carbocycles. The quantitative estimate of drug-likeness (QED) is 0.236. The van der Waals surface area contributed by atoms with Gasteiger partial charge in [0.1, 0.15) is 12.3 Å². The van der Waals surface area contributed by atoms with Crippen molar-refractivity contribution in [3.8, 4) is 0 Å². The molecular weight excluding hydrogens is 572 g/mol. The van der Waals surface area contributed by atoms with Crippen LogP contribution < -0.4 is 5.32 Å². The summed E-state index contributed by atoms with van der Waals surface area (Å²) in [5.41, 5.74) is 1.59. The number of carbonyl (C=O) groups excluding carboxylic acids is 2. The molecule has 0 aliphatic heterocycles. The van der Waals surface area contributed by atoms with Crippen LogP contribution in [0.15, 0.2) is 11.1 Å². The molecule has 5 fully saturated rings. The second kappa shape index (κ2) is 10.8. The first-order chi connectivity index (χ1) is 20.8. The van der Waals surface area contributed by atoms with Gasteiger partial charge in [0.25, 0.3) is 0 Å². The molecule has 2 N–H and O–H groups in total. The fraction of sp³-hybridized carbons (Fsp3) is 0.895. The Morgan fingerprint density at radius 3 is 2.16 bits per heavy atom. The number of ketones is 1. The summed E-state index contributed by atoms with van der Waals surface area (Å²) < 4.78 is 33.8. The number of aliphatic hydroxyl groups is 1. The van der Waals surface area contributed by atoms with Crippen LogP contribution in [0.4, 0.5) is 8.78 Å². The van der Waals surface area contributed by atoms with Gasteiger partial charge >= 0.3 is 5.97 Å². The van der Waals surface area contributed by atoms with E-state index >= 15 is 0 Å². The number of fused-ring (bicyclic) bond motifs is 7. The molecule has 6 aliphatic rings. The third kappa shape index (κ3) is 4.84. The number of ether oxygens (including phenoxy) is 1. The molecule has 0 radical (unpaired) electrons. The molecule has 3 unspecified atom stereocenters. The van der Waals surface area contributed by atoms with E-state index in [9.17, 15) is 23.5 Å². The molecule has 7 heteroatoms. The average molecular weight is 632 g/mol. The van der Waals surface area contributed by atoms with Gasteiger partial charge in [0.05, 0.1) is 0 Å². The molecule has 45 heavy (non-hydrogen) atoms. The smallest absolute Gasteiger partial charge is 0.302 e. The van der Waals surface area contributed by atoms with Crippen LogP contribution in [0.25, 0.3) is 0 Å². The van der Waals surface area contributed by atoms with Crippen molar-refractivity contribution < 1.29 is 28.2 Å². The second-order valence-corrected chi connectivity index (χ2v) is 18.0. The lowest BCUT2D eigenvalue weighted by molar-refractivity contribution is -0.235. The van der Waals surface area contributed by atoms with E-state index in [4.69, 9.17) is 4.74 Å². The fourth-order valence-corrected chi connectivity index (χ4v) is 13.0. The number of hydrogen-bond donors (Lipinski definition) is 2. The van der Waals surface area contributed by atoms with E-state index in [0.29, 0.717) is 31.1 Å². The Hall–Kier alpha value is -1.34. The van der Waals surface area contributed by atoms with Crippen LogP contribution in [0.5, 0.6) is 0 Å². The molecule has 0 amide bonds. The normalized spacial score (nSPS) is 44.9. The maximum absolute atomic E-state index is 14.0. The number of carbonyl (C=O) groups is 2. The highest BCUT2D eigenvalue weighted by Crippen LogP contribution is 2.77. The van der Waals surface area contributed by atoms with Crippen LogP contribution in [0, 0.1) is 50.7 Å². The van der Waals surface area contributed by atoms with E-state index in [1.807, 2.05) is 0 Å². The Kier molecular flexibility index (Phi) is 8.08. The summed E-state index contributed by atoms with van der Waals surface area (Å²) in [6.07, 6.45) is 7.74. The summed E-state index contributed by atoms with van der Waals surface area (Å²) in [6.45, 7) is 18.0. The molecule has 0 saturated heterocycles. The van der Waals surface area contributed by atoms with Crippen LogP contribution in [-0.2, 0) is 14.3 Å². The predicted molar refractivity (Wildman–Crippen MR) is 171 cm³/mol. The van der Waals surface area contributed by atoms with Crippen molar-refractivity contribution in [2.75, 3.05) is 0 Å². The van der Waals surface area contributed by atoms with E-state index in [0.717, 1.165) is 56.9 Å². The van der Waals surface area contributed by atoms with Crippen molar-refractivity contribution in [2.24, 2.45) is 50.7 Å². The van der Waals surface area contributed by atoms with Crippen molar-refractivity contribution in [1.29, 1.82) is 0 Å². The highest BCUT2D eigenvalue weighted by molar-refractivity contribution is 6.00. The number of halogens is 2. The third-order valence-corrected chi connectivity index (χ3v) is 15.4. The van der Waals surface area contributed by atoms with Crippen molar-refractivity contribution in [3.05, 3.63) is 11.1 Å². The fourth-order valence-electron chi connectivity index (χ4n) is 13.0. The Morgan fingerprint density at radius 1 is 0.867 bits per heavy atom. The molecule has 0 aromatic heterocycles.